The lowest BCUT2D eigenvalue weighted by atomic mass is 9.93. The van der Waals surface area contributed by atoms with Gasteiger partial charge < -0.3 is 14.8 Å². The van der Waals surface area contributed by atoms with E-state index in [1.165, 1.54) is 12.8 Å². The van der Waals surface area contributed by atoms with Crippen LogP contribution in [0.3, 0.4) is 0 Å². The van der Waals surface area contributed by atoms with Crippen molar-refractivity contribution in [2.75, 3.05) is 26.4 Å². The molecule has 0 aromatic carbocycles. The van der Waals surface area contributed by atoms with Gasteiger partial charge in [0, 0.05) is 25.9 Å². The first-order valence-electron chi connectivity index (χ1n) is 6.61. The lowest BCUT2D eigenvalue weighted by molar-refractivity contribution is -0.0628. The molecule has 1 N–H and O–H groups in total. The highest BCUT2D eigenvalue weighted by atomic mass is 16.5. The molecule has 16 heavy (non-hydrogen) atoms. The van der Waals surface area contributed by atoms with Crippen LogP contribution in [0.15, 0.2) is 0 Å². The Kier molecular flexibility index (Phi) is 4.22. The fourth-order valence-electron chi connectivity index (χ4n) is 2.71. The Bertz CT molecular complexity index is 212. The molecule has 3 nitrogen and oxygen atoms in total. The summed E-state index contributed by atoms with van der Waals surface area (Å²) in [5, 5.41) is 3.67. The molecule has 3 heteroatoms. The van der Waals surface area contributed by atoms with E-state index in [4.69, 9.17) is 9.47 Å². The Hall–Kier alpha value is -0.120. The fourth-order valence-corrected chi connectivity index (χ4v) is 2.71. The smallest absolute Gasteiger partial charge is 0.0641 e. The maximum atomic E-state index is 5.72. The molecule has 0 aromatic rings. The van der Waals surface area contributed by atoms with Crippen molar-refractivity contribution in [2.45, 2.75) is 51.2 Å². The molecule has 0 amide bonds. The van der Waals surface area contributed by atoms with Crippen LogP contribution < -0.4 is 5.32 Å². The fraction of sp³-hybridized carbons (Fsp3) is 1.00. The van der Waals surface area contributed by atoms with E-state index in [0.29, 0.717) is 6.04 Å². The van der Waals surface area contributed by atoms with Crippen LogP contribution in [0.5, 0.6) is 0 Å². The zero-order chi connectivity index (χ0) is 11.4. The number of rotatable bonds is 4. The summed E-state index contributed by atoms with van der Waals surface area (Å²) in [6, 6.07) is 0.645. The van der Waals surface area contributed by atoms with Gasteiger partial charge in [-0.3, -0.25) is 0 Å². The van der Waals surface area contributed by atoms with E-state index in [0.717, 1.165) is 45.1 Å². The second-order valence-electron chi connectivity index (χ2n) is 5.77. The lowest BCUT2D eigenvalue weighted by Gasteiger charge is -2.36. The van der Waals surface area contributed by atoms with Gasteiger partial charge in [0.25, 0.3) is 0 Å². The molecule has 0 bridgehead atoms. The van der Waals surface area contributed by atoms with E-state index in [1.54, 1.807) is 0 Å². The Morgan fingerprint density at radius 3 is 2.81 bits per heavy atom. The van der Waals surface area contributed by atoms with Gasteiger partial charge in [-0.05, 0) is 52.0 Å². The number of hydrogen-bond acceptors (Lipinski definition) is 3. The van der Waals surface area contributed by atoms with Crippen molar-refractivity contribution >= 4 is 0 Å². The Balaban J connectivity index is 1.61. The molecular formula is C13H25NO2. The maximum absolute atomic E-state index is 5.72. The van der Waals surface area contributed by atoms with Crippen molar-refractivity contribution in [1.29, 1.82) is 0 Å². The first kappa shape index (κ1) is 12.3. The molecule has 0 aromatic heterocycles. The summed E-state index contributed by atoms with van der Waals surface area (Å²) in [5.41, 5.74) is 0.0619. The summed E-state index contributed by atoms with van der Waals surface area (Å²) in [7, 11) is 0. The zero-order valence-corrected chi connectivity index (χ0v) is 10.6. The Morgan fingerprint density at radius 2 is 2.12 bits per heavy atom. The quantitative estimate of drug-likeness (QED) is 0.796. The molecule has 0 spiro atoms. The first-order chi connectivity index (χ1) is 7.66. The minimum absolute atomic E-state index is 0.0619. The summed E-state index contributed by atoms with van der Waals surface area (Å²) in [6.45, 7) is 8.35. The van der Waals surface area contributed by atoms with Gasteiger partial charge in [0.1, 0.15) is 0 Å². The molecule has 0 aliphatic carbocycles. The van der Waals surface area contributed by atoms with E-state index >= 15 is 0 Å². The van der Waals surface area contributed by atoms with Gasteiger partial charge in [0.05, 0.1) is 5.60 Å². The monoisotopic (exact) mass is 227 g/mol. The summed E-state index contributed by atoms with van der Waals surface area (Å²) in [4.78, 5) is 0. The zero-order valence-electron chi connectivity index (χ0n) is 10.6. The molecule has 2 aliphatic rings. The van der Waals surface area contributed by atoms with Gasteiger partial charge in [-0.25, -0.2) is 0 Å². The maximum Gasteiger partial charge on any atom is 0.0641 e. The summed E-state index contributed by atoms with van der Waals surface area (Å²) in [5.74, 6) is 0.792. The van der Waals surface area contributed by atoms with Gasteiger partial charge >= 0.3 is 0 Å². The molecule has 2 saturated heterocycles. The van der Waals surface area contributed by atoms with Crippen LogP contribution in [0.1, 0.15) is 39.5 Å². The van der Waals surface area contributed by atoms with Crippen molar-refractivity contribution in [2.24, 2.45) is 5.92 Å². The van der Waals surface area contributed by atoms with Crippen LogP contribution in [-0.4, -0.2) is 38.0 Å². The molecule has 2 heterocycles. The first-order valence-corrected chi connectivity index (χ1v) is 6.61. The van der Waals surface area contributed by atoms with Crippen molar-refractivity contribution in [3.05, 3.63) is 0 Å². The van der Waals surface area contributed by atoms with Crippen LogP contribution in [0.2, 0.25) is 0 Å². The van der Waals surface area contributed by atoms with Crippen LogP contribution in [-0.2, 0) is 9.47 Å². The minimum atomic E-state index is 0.0619. The van der Waals surface area contributed by atoms with Crippen molar-refractivity contribution in [3.63, 3.8) is 0 Å². The topological polar surface area (TPSA) is 30.5 Å². The Morgan fingerprint density at radius 1 is 1.25 bits per heavy atom. The van der Waals surface area contributed by atoms with Crippen LogP contribution in [0, 0.1) is 5.92 Å². The third-order valence-electron chi connectivity index (χ3n) is 3.71. The van der Waals surface area contributed by atoms with Gasteiger partial charge in [0.15, 0.2) is 0 Å². The molecule has 0 saturated carbocycles. The van der Waals surface area contributed by atoms with Gasteiger partial charge in [-0.2, -0.15) is 0 Å². The highest BCUT2D eigenvalue weighted by molar-refractivity contribution is 4.83. The number of hydrogen-bond donors (Lipinski definition) is 1. The largest absolute Gasteiger partial charge is 0.381 e. The number of ether oxygens (including phenoxy) is 2. The Labute approximate surface area is 98.9 Å². The van der Waals surface area contributed by atoms with Crippen LogP contribution >= 0.6 is 0 Å². The third kappa shape index (κ3) is 3.72. The second-order valence-corrected chi connectivity index (χ2v) is 5.77. The van der Waals surface area contributed by atoms with E-state index in [1.807, 2.05) is 0 Å². The molecule has 0 radical (unpaired) electrons. The van der Waals surface area contributed by atoms with Crippen LogP contribution in [0.25, 0.3) is 0 Å². The minimum Gasteiger partial charge on any atom is -0.381 e. The van der Waals surface area contributed by atoms with Crippen molar-refractivity contribution < 1.29 is 9.47 Å². The van der Waals surface area contributed by atoms with Gasteiger partial charge in [-0.15, -0.1) is 0 Å². The molecule has 2 fully saturated rings. The van der Waals surface area contributed by atoms with E-state index in [9.17, 15) is 0 Å². The predicted molar refractivity (Wildman–Crippen MR) is 64.6 cm³/mol. The van der Waals surface area contributed by atoms with E-state index < -0.39 is 0 Å². The van der Waals surface area contributed by atoms with E-state index in [2.05, 4.69) is 19.2 Å². The summed E-state index contributed by atoms with van der Waals surface area (Å²) in [6.07, 6.45) is 4.80. The highest BCUT2D eigenvalue weighted by Crippen LogP contribution is 2.24. The standard InChI is InChI=1S/C13H25NO2/c1-13(2)9-12(5-8-16-13)14-6-3-11-4-7-15-10-11/h11-12,14H,3-10H2,1-2H3. The molecule has 2 atom stereocenters. The molecule has 2 unspecified atom stereocenters. The molecule has 2 rings (SSSR count). The highest BCUT2D eigenvalue weighted by Gasteiger charge is 2.28. The molecule has 94 valence electrons. The van der Waals surface area contributed by atoms with Crippen LogP contribution in [0.4, 0.5) is 0 Å². The average molecular weight is 227 g/mol. The normalized spacial score (nSPS) is 34.1. The molecular weight excluding hydrogens is 202 g/mol. The second kappa shape index (κ2) is 5.48. The predicted octanol–water partition coefficient (Wildman–Crippen LogP) is 1.96. The van der Waals surface area contributed by atoms with Crippen molar-refractivity contribution in [3.8, 4) is 0 Å². The average Bonchev–Trinajstić information content (AvgIpc) is 2.69. The van der Waals surface area contributed by atoms with E-state index in [-0.39, 0.29) is 5.60 Å². The third-order valence-corrected chi connectivity index (χ3v) is 3.71. The van der Waals surface area contributed by atoms with Crippen molar-refractivity contribution in [1.82, 2.24) is 5.32 Å². The lowest BCUT2D eigenvalue weighted by Crippen LogP contribution is -2.44. The number of nitrogens with one attached hydrogen (secondary N) is 1. The molecule has 2 aliphatic heterocycles. The van der Waals surface area contributed by atoms with Gasteiger partial charge in [0.2, 0.25) is 0 Å². The van der Waals surface area contributed by atoms with Gasteiger partial charge in [-0.1, -0.05) is 0 Å². The summed E-state index contributed by atoms with van der Waals surface area (Å²) >= 11 is 0. The SMILES string of the molecule is CC1(C)CC(NCCC2CCOC2)CCO1. The summed E-state index contributed by atoms with van der Waals surface area (Å²) < 4.78 is 11.1.